The number of hydrogen-bond acceptors (Lipinski definition) is 8. The quantitative estimate of drug-likeness (QED) is 0.196. The summed E-state index contributed by atoms with van der Waals surface area (Å²) in [6, 6.07) is 14.6. The summed E-state index contributed by atoms with van der Waals surface area (Å²) < 4.78 is 25.5. The van der Waals surface area contributed by atoms with Crippen molar-refractivity contribution in [2.45, 2.75) is 39.7 Å². The minimum absolute atomic E-state index is 0.195. The highest BCUT2D eigenvalue weighted by molar-refractivity contribution is 9.10. The number of allylic oxidation sites excluding steroid dienone is 1. The molecule has 4 aromatic rings. The Bertz CT molecular complexity index is 1910. The van der Waals surface area contributed by atoms with Gasteiger partial charge in [-0.2, -0.15) is 0 Å². The van der Waals surface area contributed by atoms with Crippen LogP contribution >= 0.6 is 27.3 Å². The Hall–Kier alpha value is -3.89. The van der Waals surface area contributed by atoms with E-state index >= 15 is 0 Å². The van der Waals surface area contributed by atoms with E-state index in [1.807, 2.05) is 68.5 Å². The van der Waals surface area contributed by atoms with Crippen molar-refractivity contribution in [1.29, 1.82) is 0 Å². The second kappa shape index (κ2) is 13.2. The Balaban J connectivity index is 1.84. The molecule has 0 saturated heterocycles. The molecule has 0 spiro atoms. The molecule has 5 rings (SSSR count). The van der Waals surface area contributed by atoms with Crippen molar-refractivity contribution in [3.05, 3.63) is 95.1 Å². The molecule has 1 aliphatic rings. The van der Waals surface area contributed by atoms with E-state index in [0.29, 0.717) is 60.9 Å². The van der Waals surface area contributed by atoms with Crippen LogP contribution in [-0.2, 0) is 9.53 Å². The molecule has 0 N–H and O–H groups in total. The highest BCUT2D eigenvalue weighted by Crippen LogP contribution is 2.41. The Morgan fingerprint density at radius 2 is 1.84 bits per heavy atom. The molecule has 0 fully saturated rings. The molecule has 1 aromatic heterocycles. The molecular weight excluding hydrogens is 632 g/mol. The molecule has 8 nitrogen and oxygen atoms in total. The molecule has 1 aliphatic heterocycles. The SMILES string of the molecule is CCCC1=C(C(=O)OCC)[C@H](c2c(OC)ccc3ccccc23)n2c(s/c(=C\c3cc(Br)c(OC)c(OCC)c3)c2=O)=N1. The van der Waals surface area contributed by atoms with Gasteiger partial charge in [0.2, 0.25) is 0 Å². The Labute approximate surface area is 262 Å². The number of aromatic nitrogens is 1. The lowest BCUT2D eigenvalue weighted by molar-refractivity contribution is -0.139. The number of methoxy groups -OCH3 is 2. The smallest absolute Gasteiger partial charge is 0.338 e. The molecular formula is C33H33BrN2O6S. The number of rotatable bonds is 10. The zero-order valence-electron chi connectivity index (χ0n) is 24.7. The maximum Gasteiger partial charge on any atom is 0.338 e. The molecule has 0 amide bonds. The van der Waals surface area contributed by atoms with Crippen molar-refractivity contribution in [3.63, 3.8) is 0 Å². The van der Waals surface area contributed by atoms with Gasteiger partial charge in [0.05, 0.1) is 47.7 Å². The molecule has 224 valence electrons. The summed E-state index contributed by atoms with van der Waals surface area (Å²) in [5.41, 5.74) is 2.15. The van der Waals surface area contributed by atoms with Crippen molar-refractivity contribution >= 4 is 50.1 Å². The van der Waals surface area contributed by atoms with Crippen molar-refractivity contribution in [2.75, 3.05) is 27.4 Å². The number of carbonyl (C=O) groups excluding carboxylic acids is 1. The maximum atomic E-state index is 14.3. The molecule has 2 heterocycles. The summed E-state index contributed by atoms with van der Waals surface area (Å²) in [5.74, 6) is 1.21. The number of nitrogens with zero attached hydrogens (tertiary/aromatic N) is 2. The van der Waals surface area contributed by atoms with Gasteiger partial charge in [0.15, 0.2) is 16.3 Å². The normalized spacial score (nSPS) is 14.8. The van der Waals surface area contributed by atoms with E-state index in [0.717, 1.165) is 22.8 Å². The van der Waals surface area contributed by atoms with Gasteiger partial charge in [-0.1, -0.05) is 55.0 Å². The summed E-state index contributed by atoms with van der Waals surface area (Å²) >= 11 is 4.84. The Morgan fingerprint density at radius 1 is 1.05 bits per heavy atom. The Morgan fingerprint density at radius 3 is 2.53 bits per heavy atom. The fourth-order valence-electron chi connectivity index (χ4n) is 5.41. The minimum Gasteiger partial charge on any atom is -0.496 e. The first kappa shape index (κ1) is 30.6. The average molecular weight is 666 g/mol. The molecule has 10 heteroatoms. The lowest BCUT2D eigenvalue weighted by Gasteiger charge is -2.28. The molecule has 43 heavy (non-hydrogen) atoms. The highest BCUT2D eigenvalue weighted by Gasteiger charge is 2.37. The Kier molecular flexibility index (Phi) is 9.37. The minimum atomic E-state index is -0.804. The van der Waals surface area contributed by atoms with Crippen molar-refractivity contribution < 1.29 is 23.7 Å². The number of halogens is 1. The first-order chi connectivity index (χ1) is 20.9. The van der Waals surface area contributed by atoms with E-state index in [1.165, 1.54) is 11.3 Å². The van der Waals surface area contributed by atoms with Gasteiger partial charge in [-0.25, -0.2) is 9.79 Å². The van der Waals surface area contributed by atoms with Crippen LogP contribution < -0.4 is 29.1 Å². The second-order valence-electron chi connectivity index (χ2n) is 9.78. The van der Waals surface area contributed by atoms with Crippen molar-refractivity contribution in [2.24, 2.45) is 4.99 Å². The first-order valence-electron chi connectivity index (χ1n) is 14.1. The van der Waals surface area contributed by atoms with Gasteiger partial charge in [0.1, 0.15) is 11.8 Å². The third kappa shape index (κ3) is 5.73. The number of benzene rings is 3. The summed E-state index contributed by atoms with van der Waals surface area (Å²) in [6.45, 7) is 6.35. The van der Waals surface area contributed by atoms with Gasteiger partial charge in [-0.15, -0.1) is 0 Å². The van der Waals surface area contributed by atoms with E-state index in [-0.39, 0.29) is 12.2 Å². The van der Waals surface area contributed by atoms with Crippen LogP contribution in [0.25, 0.3) is 16.8 Å². The van der Waals surface area contributed by atoms with Crippen molar-refractivity contribution in [1.82, 2.24) is 4.57 Å². The fourth-order valence-corrected chi connectivity index (χ4v) is 7.05. The lowest BCUT2D eigenvalue weighted by atomic mass is 9.90. The monoisotopic (exact) mass is 664 g/mol. The molecule has 1 atom stereocenters. The molecule has 0 unspecified atom stereocenters. The van der Waals surface area contributed by atoms with Crippen LogP contribution in [0.2, 0.25) is 0 Å². The van der Waals surface area contributed by atoms with Crippen LogP contribution in [0.1, 0.15) is 50.8 Å². The topological polar surface area (TPSA) is 88.4 Å². The number of thiazole rings is 1. The molecule has 3 aromatic carbocycles. The van der Waals surface area contributed by atoms with Crippen LogP contribution in [0.15, 0.2) is 74.1 Å². The summed E-state index contributed by atoms with van der Waals surface area (Å²) in [4.78, 5) is 33.4. The van der Waals surface area contributed by atoms with Crippen LogP contribution in [0, 0.1) is 0 Å². The molecule has 0 aliphatic carbocycles. The van der Waals surface area contributed by atoms with Gasteiger partial charge in [-0.3, -0.25) is 9.36 Å². The van der Waals surface area contributed by atoms with E-state index in [9.17, 15) is 9.59 Å². The zero-order valence-corrected chi connectivity index (χ0v) is 27.1. The average Bonchev–Trinajstić information content (AvgIpc) is 3.30. The van der Waals surface area contributed by atoms with Gasteiger partial charge < -0.3 is 18.9 Å². The number of esters is 1. The predicted molar refractivity (Wildman–Crippen MR) is 172 cm³/mol. The van der Waals surface area contributed by atoms with Crippen LogP contribution in [-0.4, -0.2) is 38.0 Å². The summed E-state index contributed by atoms with van der Waals surface area (Å²) in [5, 5.41) is 1.84. The number of hydrogen-bond donors (Lipinski definition) is 0. The number of carbonyl (C=O) groups is 1. The van der Waals surface area contributed by atoms with Crippen LogP contribution in [0.4, 0.5) is 0 Å². The largest absolute Gasteiger partial charge is 0.496 e. The van der Waals surface area contributed by atoms with E-state index in [2.05, 4.69) is 15.9 Å². The number of ether oxygens (including phenoxy) is 4. The van der Waals surface area contributed by atoms with E-state index in [1.54, 1.807) is 25.7 Å². The summed E-state index contributed by atoms with van der Waals surface area (Å²) in [6.07, 6.45) is 3.11. The highest BCUT2D eigenvalue weighted by atomic mass is 79.9. The summed E-state index contributed by atoms with van der Waals surface area (Å²) in [7, 11) is 3.17. The third-order valence-corrected chi connectivity index (χ3v) is 8.72. The standard InChI is InChI=1S/C33H33BrN2O6S/c1-6-11-23-28(32(38)42-8-3)29(27-21-13-10-9-12-20(21)14-15-24(27)39-4)36-31(37)26(43-33(36)35-23)18-19-16-22(34)30(40-5)25(17-19)41-7-2/h9-10,12-18,29H,6-8,11H2,1-5H3/b26-18-/t29-/m0/s1. The molecule has 0 bridgehead atoms. The van der Waals surface area contributed by atoms with Gasteiger partial charge in [0, 0.05) is 5.56 Å². The van der Waals surface area contributed by atoms with E-state index < -0.39 is 12.0 Å². The van der Waals surface area contributed by atoms with Crippen LogP contribution in [0.3, 0.4) is 0 Å². The fraction of sp³-hybridized carbons (Fsp3) is 0.303. The molecule has 0 radical (unpaired) electrons. The van der Waals surface area contributed by atoms with Crippen LogP contribution in [0.5, 0.6) is 17.2 Å². The molecule has 0 saturated carbocycles. The maximum absolute atomic E-state index is 14.3. The second-order valence-corrected chi connectivity index (χ2v) is 11.6. The number of fused-ring (bicyclic) bond motifs is 2. The lowest BCUT2D eigenvalue weighted by Crippen LogP contribution is -2.40. The van der Waals surface area contributed by atoms with Gasteiger partial charge >= 0.3 is 5.97 Å². The van der Waals surface area contributed by atoms with Gasteiger partial charge in [0.25, 0.3) is 5.56 Å². The third-order valence-electron chi connectivity index (χ3n) is 7.15. The van der Waals surface area contributed by atoms with Crippen molar-refractivity contribution in [3.8, 4) is 17.2 Å². The van der Waals surface area contributed by atoms with Gasteiger partial charge in [-0.05, 0) is 76.8 Å². The predicted octanol–water partition coefficient (Wildman–Crippen LogP) is 5.91. The van der Waals surface area contributed by atoms with E-state index in [4.69, 9.17) is 23.9 Å². The first-order valence-corrected chi connectivity index (χ1v) is 15.8. The zero-order chi connectivity index (χ0) is 30.7.